The smallest absolute Gasteiger partial charge is 0.254 e. The quantitative estimate of drug-likeness (QED) is 0.396. The number of benzene rings is 2. The zero-order valence-corrected chi connectivity index (χ0v) is 22.6. The molecule has 3 heterocycles. The largest absolute Gasteiger partial charge is 0.495 e. The second-order valence-corrected chi connectivity index (χ2v) is 10.2. The van der Waals surface area contributed by atoms with Crippen LogP contribution in [0.2, 0.25) is 5.02 Å². The van der Waals surface area contributed by atoms with Crippen LogP contribution >= 0.6 is 11.6 Å². The number of anilines is 2. The molecule has 2 aliphatic rings. The minimum Gasteiger partial charge on any atom is -0.495 e. The summed E-state index contributed by atoms with van der Waals surface area (Å²) in [7, 11) is 5.27. The third-order valence-corrected chi connectivity index (χ3v) is 7.26. The fraction of sp³-hybridized carbons (Fsp3) is 0.370. The average molecular weight is 557 g/mol. The van der Waals surface area contributed by atoms with Crippen LogP contribution in [-0.2, 0) is 6.54 Å². The summed E-state index contributed by atoms with van der Waals surface area (Å²) in [6.07, 6.45) is 2.14. The van der Waals surface area contributed by atoms with E-state index in [1.165, 1.54) is 19.4 Å². The molecule has 3 aromatic rings. The minimum atomic E-state index is -0.822. The molecule has 39 heavy (non-hydrogen) atoms. The number of aromatic nitrogens is 2. The van der Waals surface area contributed by atoms with Crippen molar-refractivity contribution in [1.29, 1.82) is 0 Å². The highest BCUT2D eigenvalue weighted by atomic mass is 35.5. The van der Waals surface area contributed by atoms with Crippen LogP contribution in [-0.4, -0.2) is 71.1 Å². The molecular formula is C27H30ClFN6O4. The number of methoxy groups -OCH3 is 1. The molecule has 0 aliphatic carbocycles. The standard InChI is InChI=1S/C27H30ClFN6O4/c1-34-9-7-16(8-10-34)31-24(36)17-11-22(38-3)20(12-19(17)29)32-27-30-13-18(28)25(33-27)39-21-6-4-5-15-14-35(2)26(37)23(15)21/h4-6,11-13,16,26,37H,7-10,14H2,1-3H3,(H,31,36)(H,30,32,33). The molecule has 3 N–H and O–H groups in total. The predicted molar refractivity (Wildman–Crippen MR) is 144 cm³/mol. The van der Waals surface area contributed by atoms with Crippen molar-refractivity contribution in [3.8, 4) is 17.4 Å². The number of amides is 1. The lowest BCUT2D eigenvalue weighted by atomic mass is 10.0. The van der Waals surface area contributed by atoms with Gasteiger partial charge in [-0.1, -0.05) is 23.7 Å². The highest BCUT2D eigenvalue weighted by molar-refractivity contribution is 6.31. The first-order valence-electron chi connectivity index (χ1n) is 12.6. The Balaban J connectivity index is 1.35. The number of ether oxygens (including phenoxy) is 2. The molecule has 0 bridgehead atoms. The molecule has 1 saturated heterocycles. The van der Waals surface area contributed by atoms with Crippen molar-refractivity contribution in [2.75, 3.05) is 39.6 Å². The number of rotatable bonds is 7. The van der Waals surface area contributed by atoms with Gasteiger partial charge in [0.2, 0.25) is 11.8 Å². The van der Waals surface area contributed by atoms with Crippen LogP contribution in [0.25, 0.3) is 0 Å². The van der Waals surface area contributed by atoms with Crippen molar-refractivity contribution in [3.05, 3.63) is 64.1 Å². The third kappa shape index (κ3) is 5.76. The molecule has 2 aromatic carbocycles. The Morgan fingerprint density at radius 2 is 1.97 bits per heavy atom. The van der Waals surface area contributed by atoms with Gasteiger partial charge in [-0.2, -0.15) is 4.98 Å². The fourth-order valence-corrected chi connectivity index (χ4v) is 4.93. The minimum absolute atomic E-state index is 0.00913. The third-order valence-electron chi connectivity index (χ3n) is 7.00. The van der Waals surface area contributed by atoms with E-state index in [9.17, 15) is 9.90 Å². The Bertz CT molecular complexity index is 1380. The van der Waals surface area contributed by atoms with Crippen LogP contribution in [0.15, 0.2) is 36.5 Å². The van der Waals surface area contributed by atoms with Crippen molar-refractivity contribution < 1.29 is 23.8 Å². The van der Waals surface area contributed by atoms with Gasteiger partial charge in [-0.25, -0.2) is 9.37 Å². The zero-order chi connectivity index (χ0) is 27.7. The van der Waals surface area contributed by atoms with Gasteiger partial charge in [-0.3, -0.25) is 9.69 Å². The molecule has 1 fully saturated rings. The molecule has 10 nitrogen and oxygen atoms in total. The number of nitrogens with one attached hydrogen (secondary N) is 2. The summed E-state index contributed by atoms with van der Waals surface area (Å²) in [5, 5.41) is 16.6. The number of hydrogen-bond donors (Lipinski definition) is 3. The lowest BCUT2D eigenvalue weighted by Gasteiger charge is -2.29. The van der Waals surface area contributed by atoms with Crippen LogP contribution in [0.4, 0.5) is 16.0 Å². The summed E-state index contributed by atoms with van der Waals surface area (Å²) in [4.78, 5) is 25.3. The van der Waals surface area contributed by atoms with E-state index in [2.05, 4.69) is 25.5 Å². The maximum Gasteiger partial charge on any atom is 0.254 e. The number of aliphatic hydroxyl groups is 1. The van der Waals surface area contributed by atoms with E-state index in [1.807, 2.05) is 26.2 Å². The van der Waals surface area contributed by atoms with Crippen molar-refractivity contribution in [2.24, 2.45) is 0 Å². The Labute approximate surface area is 230 Å². The maximum atomic E-state index is 15.1. The van der Waals surface area contributed by atoms with Gasteiger partial charge in [-0.15, -0.1) is 0 Å². The molecule has 1 unspecified atom stereocenters. The zero-order valence-electron chi connectivity index (χ0n) is 21.9. The lowest BCUT2D eigenvalue weighted by Crippen LogP contribution is -2.43. The van der Waals surface area contributed by atoms with Crippen molar-refractivity contribution in [2.45, 2.75) is 31.7 Å². The summed E-state index contributed by atoms with van der Waals surface area (Å²) in [6, 6.07) is 7.97. The number of carbonyl (C=O) groups excluding carboxylic acids is 1. The topological polar surface area (TPSA) is 112 Å². The average Bonchev–Trinajstić information content (AvgIpc) is 3.21. The molecule has 1 amide bonds. The summed E-state index contributed by atoms with van der Waals surface area (Å²) >= 11 is 6.31. The van der Waals surface area contributed by atoms with Crippen molar-refractivity contribution in [1.82, 2.24) is 25.1 Å². The summed E-state index contributed by atoms with van der Waals surface area (Å²) in [5.74, 6) is -0.433. The van der Waals surface area contributed by atoms with E-state index < -0.39 is 18.0 Å². The van der Waals surface area contributed by atoms with Crippen LogP contribution in [0.5, 0.6) is 17.4 Å². The van der Waals surface area contributed by atoms with Gasteiger partial charge >= 0.3 is 0 Å². The first-order chi connectivity index (χ1) is 18.7. The summed E-state index contributed by atoms with van der Waals surface area (Å²) in [5.41, 5.74) is 1.68. The monoisotopic (exact) mass is 556 g/mol. The molecule has 2 aliphatic heterocycles. The van der Waals surface area contributed by atoms with Crippen molar-refractivity contribution in [3.63, 3.8) is 0 Å². The first-order valence-corrected chi connectivity index (χ1v) is 13.0. The molecule has 0 radical (unpaired) electrons. The van der Waals surface area contributed by atoms with Gasteiger partial charge in [0.15, 0.2) is 0 Å². The van der Waals surface area contributed by atoms with E-state index in [0.29, 0.717) is 17.9 Å². The van der Waals surface area contributed by atoms with Gasteiger partial charge in [0.05, 0.1) is 24.6 Å². The Morgan fingerprint density at radius 1 is 1.21 bits per heavy atom. The van der Waals surface area contributed by atoms with Crippen LogP contribution in [0.1, 0.15) is 40.6 Å². The molecule has 0 saturated carbocycles. The normalized spacial score (nSPS) is 18.1. The number of piperidine rings is 1. The summed E-state index contributed by atoms with van der Waals surface area (Å²) in [6.45, 7) is 2.32. The highest BCUT2D eigenvalue weighted by Crippen LogP contribution is 2.40. The van der Waals surface area contributed by atoms with Gasteiger partial charge in [-0.05, 0) is 57.7 Å². The maximum absolute atomic E-state index is 15.1. The van der Waals surface area contributed by atoms with Gasteiger partial charge < -0.3 is 30.1 Å². The van der Waals surface area contributed by atoms with E-state index >= 15 is 4.39 Å². The Hall–Kier alpha value is -3.51. The van der Waals surface area contributed by atoms with Crippen LogP contribution in [0.3, 0.4) is 0 Å². The summed E-state index contributed by atoms with van der Waals surface area (Å²) < 4.78 is 26.5. The Kier molecular flexibility index (Phi) is 7.85. The number of halogens is 2. The first kappa shape index (κ1) is 27.1. The molecule has 5 rings (SSSR count). The van der Waals surface area contributed by atoms with Crippen molar-refractivity contribution >= 4 is 29.1 Å². The number of aliphatic hydroxyl groups excluding tert-OH is 1. The molecule has 12 heteroatoms. The lowest BCUT2D eigenvalue weighted by molar-refractivity contribution is 0.0325. The van der Waals surface area contributed by atoms with Crippen LogP contribution in [0, 0.1) is 5.82 Å². The molecule has 1 aromatic heterocycles. The van der Waals surface area contributed by atoms with E-state index in [4.69, 9.17) is 21.1 Å². The van der Waals surface area contributed by atoms with E-state index in [1.54, 1.807) is 11.0 Å². The number of hydrogen-bond acceptors (Lipinski definition) is 9. The molecule has 206 valence electrons. The van der Waals surface area contributed by atoms with Gasteiger partial charge in [0, 0.05) is 24.2 Å². The van der Waals surface area contributed by atoms with Gasteiger partial charge in [0.1, 0.15) is 28.6 Å². The second kappa shape index (κ2) is 11.3. The molecule has 1 atom stereocenters. The number of likely N-dealkylation sites (tertiary alicyclic amines) is 1. The predicted octanol–water partition coefficient (Wildman–Crippen LogP) is 4.07. The second-order valence-electron chi connectivity index (χ2n) is 9.77. The Morgan fingerprint density at radius 3 is 2.72 bits per heavy atom. The number of carbonyl (C=O) groups is 1. The van der Waals surface area contributed by atoms with E-state index in [-0.39, 0.29) is 39.9 Å². The number of nitrogens with zero attached hydrogens (tertiary/aromatic N) is 4. The SMILES string of the molecule is COc1cc(C(=O)NC2CCN(C)CC2)c(F)cc1Nc1ncc(Cl)c(Oc2cccc3c2C(O)N(C)C3)n1. The number of fused-ring (bicyclic) bond motifs is 1. The van der Waals surface area contributed by atoms with E-state index in [0.717, 1.165) is 37.6 Å². The highest BCUT2D eigenvalue weighted by Gasteiger charge is 2.29. The fourth-order valence-electron chi connectivity index (χ4n) is 4.80. The molecular weight excluding hydrogens is 527 g/mol. The van der Waals surface area contributed by atoms with Crippen LogP contribution < -0.4 is 20.1 Å². The van der Waals surface area contributed by atoms with Gasteiger partial charge in [0.25, 0.3) is 5.91 Å². The molecule has 0 spiro atoms.